The summed E-state index contributed by atoms with van der Waals surface area (Å²) < 4.78 is 10.6. The molecule has 0 atom stereocenters. The van der Waals surface area contributed by atoms with Gasteiger partial charge in [0, 0.05) is 34.5 Å². The van der Waals surface area contributed by atoms with E-state index in [4.69, 9.17) is 14.8 Å². The first kappa shape index (κ1) is 34.4. The Balaban J connectivity index is 0.00000417. The molecule has 0 saturated heterocycles. The number of aromatic nitrogens is 4. The summed E-state index contributed by atoms with van der Waals surface area (Å²) >= 11 is 0. The molecule has 3 heterocycles. The van der Waals surface area contributed by atoms with E-state index < -0.39 is 0 Å². The molecule has 0 radical (unpaired) electrons. The van der Waals surface area contributed by atoms with Gasteiger partial charge in [-0.15, -0.1) is 35.7 Å². The van der Waals surface area contributed by atoms with Crippen LogP contribution in [0.15, 0.2) is 72.9 Å². The summed E-state index contributed by atoms with van der Waals surface area (Å²) in [6, 6.07) is 29.6. The van der Waals surface area contributed by atoms with E-state index in [0.717, 1.165) is 50.3 Å². The summed E-state index contributed by atoms with van der Waals surface area (Å²) in [4.78, 5) is 4.70. The van der Waals surface area contributed by atoms with Crippen molar-refractivity contribution in [1.82, 2.24) is 19.3 Å². The van der Waals surface area contributed by atoms with Crippen LogP contribution >= 0.6 is 0 Å². The molecule has 0 bridgehead atoms. The van der Waals surface area contributed by atoms with Crippen molar-refractivity contribution in [2.45, 2.75) is 74.7 Å². The standard InChI is InChI=1S/C43H42N4O.Pd/c1-25-20-21-44-39(22-25)46-37-17-12-11-16-35(37)36-19-18-34(24-38(36)46)48-33-15-13-14-32(23-33)47-31(7)41(30(6)45-47)40-26(2)28(4)42(43(8,9)10)29(5)27(40)3;/h11-22H,1-10H3;/q-2;+2. The maximum atomic E-state index is 6.45. The summed E-state index contributed by atoms with van der Waals surface area (Å²) in [5.74, 6) is 2.06. The zero-order chi connectivity index (χ0) is 34.1. The van der Waals surface area contributed by atoms with Gasteiger partial charge in [-0.05, 0) is 122 Å². The van der Waals surface area contributed by atoms with E-state index in [0.29, 0.717) is 11.5 Å². The Morgan fingerprint density at radius 1 is 0.694 bits per heavy atom. The molecule has 49 heavy (non-hydrogen) atoms. The molecule has 0 fully saturated rings. The summed E-state index contributed by atoms with van der Waals surface area (Å²) in [7, 11) is 0. The maximum absolute atomic E-state index is 6.45. The minimum Gasteiger partial charge on any atom is -0.509 e. The minimum atomic E-state index is 0. The molecule has 0 aliphatic rings. The van der Waals surface area contributed by atoms with Crippen LogP contribution in [0.1, 0.15) is 65.5 Å². The van der Waals surface area contributed by atoms with Crippen LogP contribution in [0.5, 0.6) is 11.5 Å². The van der Waals surface area contributed by atoms with Crippen LogP contribution in [0.4, 0.5) is 0 Å². The van der Waals surface area contributed by atoms with E-state index in [-0.39, 0.29) is 25.8 Å². The quantitative estimate of drug-likeness (QED) is 0.131. The number of ether oxygens (including phenoxy) is 1. The number of fused-ring (bicyclic) bond motifs is 3. The fraction of sp³-hybridized carbons (Fsp3) is 0.256. The maximum Gasteiger partial charge on any atom is 2.00 e. The van der Waals surface area contributed by atoms with Gasteiger partial charge in [-0.1, -0.05) is 44.5 Å². The molecule has 0 N–H and O–H groups in total. The van der Waals surface area contributed by atoms with Crippen molar-refractivity contribution >= 4 is 21.8 Å². The number of aryl methyl sites for hydroxylation is 2. The van der Waals surface area contributed by atoms with Crippen molar-refractivity contribution in [1.29, 1.82) is 0 Å². The van der Waals surface area contributed by atoms with Gasteiger partial charge in [0.1, 0.15) is 5.82 Å². The van der Waals surface area contributed by atoms with Gasteiger partial charge < -0.3 is 9.30 Å². The van der Waals surface area contributed by atoms with Crippen molar-refractivity contribution in [3.8, 4) is 34.1 Å². The molecule has 0 spiro atoms. The number of hydrogen-bond acceptors (Lipinski definition) is 3. The first-order chi connectivity index (χ1) is 22.8. The molecule has 7 aromatic rings. The second-order valence-electron chi connectivity index (χ2n) is 14.1. The van der Waals surface area contributed by atoms with E-state index in [1.807, 2.05) is 41.2 Å². The van der Waals surface area contributed by atoms with Crippen molar-refractivity contribution in [2.75, 3.05) is 0 Å². The zero-order valence-corrected chi connectivity index (χ0v) is 31.5. The molecule has 0 saturated carbocycles. The molecule has 7 rings (SSSR count). The summed E-state index contributed by atoms with van der Waals surface area (Å²) in [6.45, 7) is 22.3. The van der Waals surface area contributed by atoms with E-state index in [2.05, 4.69) is 122 Å². The van der Waals surface area contributed by atoms with Crippen LogP contribution in [-0.2, 0) is 25.8 Å². The van der Waals surface area contributed by atoms with E-state index in [9.17, 15) is 0 Å². The smallest absolute Gasteiger partial charge is 0.509 e. The third-order valence-corrected chi connectivity index (χ3v) is 9.80. The number of hydrogen-bond donors (Lipinski definition) is 0. The largest absolute Gasteiger partial charge is 2.00 e. The Hall–Kier alpha value is -4.50. The SMILES string of the molecule is Cc1ccnc(-n2c3[c-]c(Oc4[c-]c(-n5nc(C)c(-c6c(C)c(C)c(C(C)(C)C)c(C)c6C)c5C)ccc4)ccc3c3ccccc32)c1.[Pd+2]. The molecule has 0 amide bonds. The molecule has 3 aromatic heterocycles. The Bertz CT molecular complexity index is 2360. The van der Waals surface area contributed by atoms with Gasteiger partial charge >= 0.3 is 20.4 Å². The normalized spacial score (nSPS) is 11.7. The second kappa shape index (κ2) is 12.8. The molecule has 4 aromatic carbocycles. The van der Waals surface area contributed by atoms with Gasteiger partial charge in [0.05, 0.1) is 5.69 Å². The fourth-order valence-corrected chi connectivity index (χ4v) is 7.60. The molecular formula is C43H42N4OPd. The van der Waals surface area contributed by atoms with Crippen LogP contribution in [-0.4, -0.2) is 19.3 Å². The second-order valence-corrected chi connectivity index (χ2v) is 14.1. The zero-order valence-electron chi connectivity index (χ0n) is 29.9. The van der Waals surface area contributed by atoms with Gasteiger partial charge in [0.2, 0.25) is 0 Å². The predicted octanol–water partition coefficient (Wildman–Crippen LogP) is 10.9. The molecule has 5 nitrogen and oxygen atoms in total. The Morgan fingerprint density at radius 2 is 1.39 bits per heavy atom. The number of nitrogens with zero attached hydrogens (tertiary/aromatic N) is 4. The van der Waals surface area contributed by atoms with Gasteiger partial charge in [-0.2, -0.15) is 17.2 Å². The number of rotatable bonds is 5. The van der Waals surface area contributed by atoms with Gasteiger partial charge in [-0.25, -0.2) is 4.98 Å². The average molecular weight is 737 g/mol. The van der Waals surface area contributed by atoms with E-state index >= 15 is 0 Å². The Kier molecular flexibility index (Phi) is 8.94. The molecule has 0 unspecified atom stereocenters. The molecule has 0 aliphatic carbocycles. The predicted molar refractivity (Wildman–Crippen MR) is 197 cm³/mol. The van der Waals surface area contributed by atoms with Crippen molar-refractivity contribution in [3.63, 3.8) is 0 Å². The van der Waals surface area contributed by atoms with Crippen LogP contribution in [0.25, 0.3) is 44.4 Å². The molecule has 0 aliphatic heterocycles. The summed E-state index contributed by atoms with van der Waals surface area (Å²) in [6.07, 6.45) is 1.85. The van der Waals surface area contributed by atoms with Crippen LogP contribution in [0, 0.1) is 60.6 Å². The minimum absolute atomic E-state index is 0. The summed E-state index contributed by atoms with van der Waals surface area (Å²) in [5.41, 5.74) is 15.4. The first-order valence-electron chi connectivity index (χ1n) is 16.6. The van der Waals surface area contributed by atoms with Crippen LogP contribution in [0.2, 0.25) is 0 Å². The topological polar surface area (TPSA) is 44.9 Å². The van der Waals surface area contributed by atoms with Crippen molar-refractivity contribution < 1.29 is 25.2 Å². The number of para-hydroxylation sites is 1. The Labute approximate surface area is 303 Å². The van der Waals surface area contributed by atoms with Crippen LogP contribution < -0.4 is 4.74 Å². The number of benzene rings is 4. The number of pyridine rings is 1. The van der Waals surface area contributed by atoms with Crippen LogP contribution in [0.3, 0.4) is 0 Å². The monoisotopic (exact) mass is 736 g/mol. The molecular weight excluding hydrogens is 695 g/mol. The van der Waals surface area contributed by atoms with E-state index in [1.54, 1.807) is 0 Å². The fourth-order valence-electron chi connectivity index (χ4n) is 7.60. The third-order valence-electron chi connectivity index (χ3n) is 9.80. The van der Waals surface area contributed by atoms with Gasteiger partial charge in [-0.3, -0.25) is 4.68 Å². The van der Waals surface area contributed by atoms with Gasteiger partial charge in [0.25, 0.3) is 0 Å². The Morgan fingerprint density at radius 3 is 2.08 bits per heavy atom. The average Bonchev–Trinajstić information content (AvgIpc) is 3.53. The molecule has 6 heteroatoms. The summed E-state index contributed by atoms with van der Waals surface area (Å²) in [5, 5.41) is 7.29. The van der Waals surface area contributed by atoms with Crippen molar-refractivity contribution in [3.05, 3.63) is 130 Å². The third kappa shape index (κ3) is 5.82. The first-order valence-corrected chi connectivity index (χ1v) is 16.6. The van der Waals surface area contributed by atoms with E-state index in [1.165, 1.54) is 38.9 Å². The van der Waals surface area contributed by atoms with Gasteiger partial charge in [0.15, 0.2) is 0 Å². The molecule has 250 valence electrons. The van der Waals surface area contributed by atoms with Crippen molar-refractivity contribution in [2.24, 2.45) is 0 Å².